The molecule has 0 saturated heterocycles. The summed E-state index contributed by atoms with van der Waals surface area (Å²) in [6, 6.07) is 14.8. The van der Waals surface area contributed by atoms with Gasteiger partial charge in [0.1, 0.15) is 11.5 Å². The molecule has 0 unspecified atom stereocenters. The first-order valence-electron chi connectivity index (χ1n) is 12.4. The zero-order valence-electron chi connectivity index (χ0n) is 21.6. The van der Waals surface area contributed by atoms with Crippen molar-refractivity contribution in [2.75, 3.05) is 27.4 Å². The Balaban J connectivity index is 1.41. The highest BCUT2D eigenvalue weighted by molar-refractivity contribution is 14.1. The first-order valence-corrected chi connectivity index (χ1v) is 13.4. The van der Waals surface area contributed by atoms with Crippen molar-refractivity contribution in [3.63, 3.8) is 0 Å². The average molecular weight is 663 g/mol. The molecule has 0 spiro atoms. The molecule has 3 aromatic carbocycles. The van der Waals surface area contributed by atoms with Crippen LogP contribution in [0.3, 0.4) is 0 Å². The van der Waals surface area contributed by atoms with Gasteiger partial charge in [-0.05, 0) is 56.0 Å². The van der Waals surface area contributed by atoms with Gasteiger partial charge in [0, 0.05) is 29.1 Å². The number of aryl methyl sites for hydroxylation is 1. The molecule has 12 heteroatoms. The van der Waals surface area contributed by atoms with Crippen molar-refractivity contribution in [2.24, 2.45) is 5.92 Å². The number of amides is 2. The maximum Gasteiger partial charge on any atom is 0.416 e. The van der Waals surface area contributed by atoms with E-state index in [1.165, 1.54) is 29.1 Å². The predicted octanol–water partition coefficient (Wildman–Crippen LogP) is 7.97. The van der Waals surface area contributed by atoms with E-state index in [0.29, 0.717) is 34.6 Å². The largest absolute Gasteiger partial charge is 0.495 e. The summed E-state index contributed by atoms with van der Waals surface area (Å²) in [5.74, 6) is 2.17. The second-order valence-electron chi connectivity index (χ2n) is 9.35. The number of benzene rings is 3. The van der Waals surface area contributed by atoms with Crippen molar-refractivity contribution in [3.8, 4) is 17.4 Å². The summed E-state index contributed by atoms with van der Waals surface area (Å²) in [5.41, 5.74) is 0.266. The van der Waals surface area contributed by atoms with Crippen LogP contribution >= 0.6 is 22.9 Å². The summed E-state index contributed by atoms with van der Waals surface area (Å²) < 4.78 is 52.4. The normalized spacial score (nSPS) is 13.2. The molecular weight excluding hydrogens is 638 g/mol. The van der Waals surface area contributed by atoms with Crippen LogP contribution in [0.25, 0.3) is 10.8 Å². The molecule has 0 bridgehead atoms. The van der Waals surface area contributed by atoms with Gasteiger partial charge in [0.2, 0.25) is 11.8 Å². The number of nitrogens with zero attached hydrogens (tertiary/aromatic N) is 3. The number of methoxy groups -OCH3 is 1. The fraction of sp³-hybridized carbons (Fsp3) is 0.250. The lowest BCUT2D eigenvalue weighted by atomic mass is 10.1. The van der Waals surface area contributed by atoms with Gasteiger partial charge >= 0.3 is 12.2 Å². The molecular formula is C28H25F3IN5O3. The molecule has 1 fully saturated rings. The molecule has 0 radical (unpaired) electrons. The Morgan fingerprint density at radius 2 is 1.77 bits per heavy atom. The van der Waals surface area contributed by atoms with Gasteiger partial charge in [-0.25, -0.2) is 12.9 Å². The molecule has 1 aromatic heterocycles. The Hall–Kier alpha value is -3.81. The van der Waals surface area contributed by atoms with E-state index in [0.717, 1.165) is 29.8 Å². The van der Waals surface area contributed by atoms with Crippen molar-refractivity contribution in [1.29, 1.82) is 0 Å². The minimum absolute atomic E-state index is 0.0986. The number of fused-ring (bicyclic) bond motifs is 1. The first-order chi connectivity index (χ1) is 19.1. The maximum absolute atomic E-state index is 13.3. The van der Waals surface area contributed by atoms with E-state index >= 15 is 0 Å². The Labute approximate surface area is 242 Å². The minimum Gasteiger partial charge on any atom is -0.495 e. The zero-order valence-corrected chi connectivity index (χ0v) is 23.7. The Morgan fingerprint density at radius 1 is 1.05 bits per heavy atom. The van der Waals surface area contributed by atoms with Gasteiger partial charge in [-0.1, -0.05) is 24.3 Å². The van der Waals surface area contributed by atoms with Crippen LogP contribution in [0.1, 0.15) is 24.1 Å². The molecule has 0 aliphatic heterocycles. The van der Waals surface area contributed by atoms with Crippen LogP contribution in [0.5, 0.6) is 17.4 Å². The lowest BCUT2D eigenvalue weighted by Gasteiger charge is -2.20. The van der Waals surface area contributed by atoms with E-state index in [4.69, 9.17) is 9.47 Å². The first kappa shape index (κ1) is 27.7. The third kappa shape index (κ3) is 6.32. The number of alkyl halides is 3. The highest BCUT2D eigenvalue weighted by Crippen LogP contribution is 2.39. The maximum atomic E-state index is 13.3. The van der Waals surface area contributed by atoms with Gasteiger partial charge in [-0.3, -0.25) is 0 Å². The summed E-state index contributed by atoms with van der Waals surface area (Å²) in [5, 5.41) is 7.20. The number of carbonyl (C=O) groups excluding carboxylic acids is 1. The predicted molar refractivity (Wildman–Crippen MR) is 156 cm³/mol. The second-order valence-corrected chi connectivity index (χ2v) is 10.3. The summed E-state index contributed by atoms with van der Waals surface area (Å²) in [6.45, 7) is 2.68. The SMILES string of the molecule is COc1ccc(C(F)(F)F)cc1NC(=O)N(I)c1ccc(Oc2cc(C)nc(NCC3CC3)n2)c2ccccc12. The van der Waals surface area contributed by atoms with E-state index in [2.05, 4.69) is 20.6 Å². The number of anilines is 3. The molecule has 1 saturated carbocycles. The van der Waals surface area contributed by atoms with Crippen LogP contribution in [0, 0.1) is 12.8 Å². The lowest BCUT2D eigenvalue weighted by molar-refractivity contribution is -0.137. The zero-order chi connectivity index (χ0) is 28.4. The van der Waals surface area contributed by atoms with Crippen LogP contribution in [0.2, 0.25) is 0 Å². The van der Waals surface area contributed by atoms with E-state index in [1.54, 1.807) is 18.2 Å². The van der Waals surface area contributed by atoms with Crippen molar-refractivity contribution in [3.05, 3.63) is 71.9 Å². The number of halogens is 4. The molecule has 8 nitrogen and oxygen atoms in total. The Kier molecular flexibility index (Phi) is 7.88. The van der Waals surface area contributed by atoms with Crippen molar-refractivity contribution in [1.82, 2.24) is 9.97 Å². The third-order valence-corrected chi connectivity index (χ3v) is 7.27. The number of ether oxygens (including phenoxy) is 2. The summed E-state index contributed by atoms with van der Waals surface area (Å²) in [4.78, 5) is 22.1. The van der Waals surface area contributed by atoms with Crippen LogP contribution in [0.4, 0.5) is 35.3 Å². The molecule has 0 atom stereocenters. The van der Waals surface area contributed by atoms with Gasteiger partial charge in [-0.2, -0.15) is 18.2 Å². The molecule has 1 heterocycles. The number of rotatable bonds is 8. The Bertz CT molecular complexity index is 1560. The Morgan fingerprint density at radius 3 is 2.48 bits per heavy atom. The number of urea groups is 1. The monoisotopic (exact) mass is 663 g/mol. The highest BCUT2D eigenvalue weighted by Gasteiger charge is 2.31. The molecule has 1 aliphatic carbocycles. The highest BCUT2D eigenvalue weighted by atomic mass is 127. The van der Waals surface area contributed by atoms with Crippen molar-refractivity contribution < 1.29 is 27.4 Å². The second kappa shape index (κ2) is 11.4. The topological polar surface area (TPSA) is 88.6 Å². The van der Waals surface area contributed by atoms with Crippen LogP contribution in [0.15, 0.2) is 60.7 Å². The molecule has 5 rings (SSSR count). The molecule has 1 aliphatic rings. The lowest BCUT2D eigenvalue weighted by Crippen LogP contribution is -2.26. The van der Waals surface area contributed by atoms with Gasteiger partial charge in [0.15, 0.2) is 0 Å². The van der Waals surface area contributed by atoms with Gasteiger partial charge in [-0.15, -0.1) is 0 Å². The van der Waals surface area contributed by atoms with Crippen LogP contribution < -0.4 is 23.2 Å². The molecule has 208 valence electrons. The van der Waals surface area contributed by atoms with Gasteiger partial charge in [0.05, 0.1) is 46.9 Å². The fourth-order valence-electron chi connectivity index (χ4n) is 4.11. The quantitative estimate of drug-likeness (QED) is 0.147. The number of carbonyl (C=O) groups is 1. The third-order valence-electron chi connectivity index (χ3n) is 6.31. The summed E-state index contributed by atoms with van der Waals surface area (Å²) >= 11 is 1.81. The van der Waals surface area contributed by atoms with Gasteiger partial charge < -0.3 is 20.1 Å². The van der Waals surface area contributed by atoms with E-state index in [9.17, 15) is 18.0 Å². The smallest absolute Gasteiger partial charge is 0.416 e. The van der Waals surface area contributed by atoms with E-state index in [1.807, 2.05) is 54.1 Å². The van der Waals surface area contributed by atoms with Crippen LogP contribution in [-0.2, 0) is 6.18 Å². The number of hydrogen-bond donors (Lipinski definition) is 2. The van der Waals surface area contributed by atoms with Crippen molar-refractivity contribution in [2.45, 2.75) is 25.9 Å². The van der Waals surface area contributed by atoms with Crippen LogP contribution in [-0.4, -0.2) is 29.7 Å². The van der Waals surface area contributed by atoms with Crippen molar-refractivity contribution >= 4 is 57.0 Å². The van der Waals surface area contributed by atoms with E-state index in [-0.39, 0.29) is 11.4 Å². The summed E-state index contributed by atoms with van der Waals surface area (Å²) in [6.07, 6.45) is -2.16. The molecule has 40 heavy (non-hydrogen) atoms. The summed E-state index contributed by atoms with van der Waals surface area (Å²) in [7, 11) is 1.32. The average Bonchev–Trinajstić information content (AvgIpc) is 3.75. The molecule has 2 amide bonds. The minimum atomic E-state index is -4.57. The number of hydrogen-bond acceptors (Lipinski definition) is 6. The number of nitrogens with one attached hydrogen (secondary N) is 2. The molecule has 4 aromatic rings. The van der Waals surface area contributed by atoms with Gasteiger partial charge in [0.25, 0.3) is 0 Å². The molecule has 2 N–H and O–H groups in total. The van der Waals surface area contributed by atoms with E-state index < -0.39 is 17.8 Å². The number of aromatic nitrogens is 2. The fourth-order valence-corrected chi connectivity index (χ4v) is 4.65. The standard InChI is InChI=1S/C28H25F3IN5O3/c1-16-13-25(36-26(34-16)33-15-17-7-8-17)40-23-12-10-22(19-5-3-4-6-20(19)23)37(32)27(38)35-21-14-18(28(29,30)31)9-11-24(21)39-2/h3-6,9-14,17H,7-8,15H2,1-2H3,(H,35,38)(H,33,34,36).